The number of Topliss-reactive ketones (excluding diaryl/α,β-unsaturated/α-hetero) is 2. The minimum absolute atomic E-state index is 0.0426. The van der Waals surface area contributed by atoms with Crippen LogP contribution in [0.1, 0.15) is 34.6 Å². The first-order chi connectivity index (χ1) is 11.5. The van der Waals surface area contributed by atoms with Gasteiger partial charge in [-0.3, -0.25) is 9.59 Å². The molecule has 2 aromatic rings. The lowest BCUT2D eigenvalue weighted by Gasteiger charge is -2.06. The number of phenolic OH excluding ortho intramolecular Hbond substituents is 2. The maximum atomic E-state index is 11.1. The summed E-state index contributed by atoms with van der Waals surface area (Å²) in [6.45, 7) is 2.63. The maximum Gasteiger partial charge on any atom is 0.165 e. The number of hydrogen-bond acceptors (Lipinski definition) is 4. The molecule has 0 atom stereocenters. The molecule has 0 aliphatic heterocycles. The number of rotatable bonds is 2. The summed E-state index contributed by atoms with van der Waals surface area (Å²) in [6, 6.07) is 4.34. The number of carbonyl (C=O) groups excluding carboxylic acids is 2. The fourth-order valence-corrected chi connectivity index (χ4v) is 3.27. The van der Waals surface area contributed by atoms with Crippen LogP contribution in [0.4, 0.5) is 0 Å². The number of hydrogen-bond donors (Lipinski definition) is 2. The van der Waals surface area contributed by atoms with Crippen LogP contribution in [-0.4, -0.2) is 21.8 Å². The van der Waals surface area contributed by atoms with Gasteiger partial charge in [-0.2, -0.15) is 0 Å². The van der Waals surface area contributed by atoms with E-state index in [4.69, 9.17) is 46.4 Å². The molecule has 0 amide bonds. The molecule has 0 heterocycles. The molecule has 25 heavy (non-hydrogen) atoms. The molecule has 2 aromatic carbocycles. The highest BCUT2D eigenvalue weighted by Crippen LogP contribution is 2.38. The van der Waals surface area contributed by atoms with Crippen molar-refractivity contribution < 1.29 is 19.8 Å². The molecule has 0 saturated heterocycles. The lowest BCUT2D eigenvalue weighted by atomic mass is 10.1. The third-order valence-corrected chi connectivity index (χ3v) is 5.08. The van der Waals surface area contributed by atoms with Crippen molar-refractivity contribution in [2.45, 2.75) is 13.8 Å². The first-order valence-corrected chi connectivity index (χ1v) is 8.84. The number of ketones is 2. The molecule has 0 aromatic heterocycles. The van der Waals surface area contributed by atoms with E-state index in [1.807, 2.05) is 0 Å². The van der Waals surface area contributed by atoms with Gasteiger partial charge in [0.1, 0.15) is 11.5 Å². The van der Waals surface area contributed by atoms with Gasteiger partial charge in [0, 0.05) is 4.47 Å². The van der Waals surface area contributed by atoms with Crippen LogP contribution < -0.4 is 0 Å². The summed E-state index contributed by atoms with van der Waals surface area (Å²) in [5.74, 6) is -1.16. The smallest absolute Gasteiger partial charge is 0.165 e. The molecule has 2 rings (SSSR count). The number of benzene rings is 2. The Kier molecular flexibility index (Phi) is 8.03. The van der Waals surface area contributed by atoms with Crippen LogP contribution >= 0.6 is 62.3 Å². The van der Waals surface area contributed by atoms with Gasteiger partial charge in [-0.05, 0) is 48.0 Å². The van der Waals surface area contributed by atoms with Gasteiger partial charge in [-0.15, -0.1) is 0 Å². The van der Waals surface area contributed by atoms with Crippen molar-refractivity contribution in [3.63, 3.8) is 0 Å². The van der Waals surface area contributed by atoms with Crippen LogP contribution in [0.2, 0.25) is 20.1 Å². The number of halogens is 5. The molecule has 0 aliphatic rings. The van der Waals surface area contributed by atoms with Crippen LogP contribution in [0.5, 0.6) is 11.5 Å². The highest BCUT2D eigenvalue weighted by atomic mass is 79.9. The van der Waals surface area contributed by atoms with Crippen LogP contribution in [0.3, 0.4) is 0 Å². The Labute approximate surface area is 172 Å². The second kappa shape index (κ2) is 9.10. The van der Waals surface area contributed by atoms with Gasteiger partial charge in [0.2, 0.25) is 0 Å². The van der Waals surface area contributed by atoms with E-state index in [-0.39, 0.29) is 54.3 Å². The molecule has 4 nitrogen and oxygen atoms in total. The van der Waals surface area contributed by atoms with E-state index in [9.17, 15) is 19.8 Å². The molecular weight excluding hydrogens is 478 g/mol. The van der Waals surface area contributed by atoms with Gasteiger partial charge in [-0.25, -0.2) is 0 Å². The SMILES string of the molecule is CC(=O)c1c(Cl)ccc(Cl)c1O.CC(=O)c1c(O)c(Cl)cc(Br)c1Cl. The Morgan fingerprint density at radius 1 is 0.840 bits per heavy atom. The number of phenols is 2. The lowest BCUT2D eigenvalue weighted by Crippen LogP contribution is -1.95. The van der Waals surface area contributed by atoms with Crippen LogP contribution in [0.15, 0.2) is 22.7 Å². The van der Waals surface area contributed by atoms with E-state index < -0.39 is 0 Å². The quantitative estimate of drug-likeness (QED) is 0.370. The van der Waals surface area contributed by atoms with E-state index in [1.54, 1.807) is 0 Å². The number of aromatic hydroxyl groups is 2. The van der Waals surface area contributed by atoms with E-state index in [0.717, 1.165) is 0 Å². The second-order valence-corrected chi connectivity index (χ2v) is 7.20. The molecule has 0 aliphatic carbocycles. The Hall–Kier alpha value is -0.980. The van der Waals surface area contributed by atoms with E-state index >= 15 is 0 Å². The fraction of sp³-hybridized carbons (Fsp3) is 0.125. The second-order valence-electron chi connectivity index (χ2n) is 4.74. The summed E-state index contributed by atoms with van der Waals surface area (Å²) in [5.41, 5.74) is 0.116. The Balaban J connectivity index is 0.000000251. The summed E-state index contributed by atoms with van der Waals surface area (Å²) >= 11 is 25.8. The van der Waals surface area contributed by atoms with E-state index in [2.05, 4.69) is 15.9 Å². The zero-order valence-corrected chi connectivity index (χ0v) is 17.4. The Morgan fingerprint density at radius 2 is 1.28 bits per heavy atom. The summed E-state index contributed by atoms with van der Waals surface area (Å²) < 4.78 is 0.488. The van der Waals surface area contributed by atoms with Crippen LogP contribution in [0.25, 0.3) is 0 Å². The maximum absolute atomic E-state index is 11.1. The topological polar surface area (TPSA) is 74.6 Å². The number of carbonyl (C=O) groups is 2. The average Bonchev–Trinajstić information content (AvgIpc) is 2.50. The zero-order chi connectivity index (χ0) is 19.5. The summed E-state index contributed by atoms with van der Waals surface area (Å²) in [5, 5.41) is 19.3. The minimum atomic E-state index is -0.328. The normalized spacial score (nSPS) is 10.0. The predicted molar refractivity (Wildman–Crippen MR) is 104 cm³/mol. The first kappa shape index (κ1) is 22.1. The van der Waals surface area contributed by atoms with Gasteiger partial charge >= 0.3 is 0 Å². The van der Waals surface area contributed by atoms with Crippen LogP contribution in [0, 0.1) is 0 Å². The van der Waals surface area contributed by atoms with Crippen molar-refractivity contribution in [1.29, 1.82) is 0 Å². The molecule has 134 valence electrons. The third-order valence-electron chi connectivity index (χ3n) is 2.93. The zero-order valence-electron chi connectivity index (χ0n) is 12.8. The molecule has 0 spiro atoms. The van der Waals surface area contributed by atoms with Gasteiger partial charge in [0.25, 0.3) is 0 Å². The first-order valence-electron chi connectivity index (χ1n) is 6.54. The van der Waals surface area contributed by atoms with E-state index in [0.29, 0.717) is 4.47 Å². The van der Waals surface area contributed by atoms with Crippen molar-refractivity contribution >= 4 is 73.9 Å². The Bertz CT molecular complexity index is 827. The third kappa shape index (κ3) is 5.25. The lowest BCUT2D eigenvalue weighted by molar-refractivity contribution is 0.100. The van der Waals surface area contributed by atoms with Crippen molar-refractivity contribution in [1.82, 2.24) is 0 Å². The highest BCUT2D eigenvalue weighted by molar-refractivity contribution is 9.10. The average molecular weight is 489 g/mol. The molecule has 0 saturated carbocycles. The Morgan fingerprint density at radius 3 is 1.72 bits per heavy atom. The largest absolute Gasteiger partial charge is 0.506 e. The van der Waals surface area contributed by atoms with Gasteiger partial charge in [0.05, 0.1) is 31.2 Å². The van der Waals surface area contributed by atoms with Crippen molar-refractivity contribution in [2.75, 3.05) is 0 Å². The van der Waals surface area contributed by atoms with Crippen LogP contribution in [-0.2, 0) is 0 Å². The predicted octanol–water partition coefficient (Wildman–Crippen LogP) is 6.57. The van der Waals surface area contributed by atoms with Gasteiger partial charge < -0.3 is 10.2 Å². The monoisotopic (exact) mass is 486 g/mol. The van der Waals surface area contributed by atoms with Gasteiger partial charge in [-0.1, -0.05) is 46.4 Å². The molecule has 0 bridgehead atoms. The fourth-order valence-electron chi connectivity index (χ4n) is 1.78. The standard InChI is InChI=1S/C8H5BrCl2O2.C8H6Cl2O2/c1-3(12)6-7(11)4(9)2-5(10)8(6)13;1-4(11)7-5(9)2-3-6(10)8(7)12/h2,13H,1H3;2-3,12H,1H3. The minimum Gasteiger partial charge on any atom is -0.506 e. The highest BCUT2D eigenvalue weighted by Gasteiger charge is 2.17. The molecule has 0 unspecified atom stereocenters. The summed E-state index contributed by atoms with van der Waals surface area (Å²) in [6.07, 6.45) is 0. The summed E-state index contributed by atoms with van der Waals surface area (Å²) in [7, 11) is 0. The van der Waals surface area contributed by atoms with Crippen molar-refractivity contribution in [2.24, 2.45) is 0 Å². The van der Waals surface area contributed by atoms with E-state index in [1.165, 1.54) is 32.0 Å². The van der Waals surface area contributed by atoms with Crippen molar-refractivity contribution in [3.8, 4) is 11.5 Å². The molecule has 0 fully saturated rings. The summed E-state index contributed by atoms with van der Waals surface area (Å²) in [4.78, 5) is 22.0. The van der Waals surface area contributed by atoms with Crippen molar-refractivity contribution in [3.05, 3.63) is 53.9 Å². The molecule has 2 N–H and O–H groups in total. The molecule has 9 heteroatoms. The molecular formula is C16H11BrCl4O4. The molecule has 0 radical (unpaired) electrons. The van der Waals surface area contributed by atoms with Gasteiger partial charge in [0.15, 0.2) is 11.6 Å².